The average molecular weight is 451 g/mol. The van der Waals surface area contributed by atoms with Gasteiger partial charge < -0.3 is 14.5 Å². The van der Waals surface area contributed by atoms with E-state index in [0.717, 1.165) is 24.6 Å². The molecule has 4 rings (SSSR count). The van der Waals surface area contributed by atoms with Crippen LogP contribution in [0, 0.1) is 11.3 Å². The minimum absolute atomic E-state index is 0.0647. The minimum Gasteiger partial charge on any atom is -0.431 e. The molecule has 0 spiro atoms. The summed E-state index contributed by atoms with van der Waals surface area (Å²) in [6.45, 7) is 1.39. The third kappa shape index (κ3) is 4.32. The fraction of sp³-hybridized carbons (Fsp3) is 0.526. The second kappa shape index (κ2) is 8.55. The Morgan fingerprint density at radius 2 is 2.03 bits per heavy atom. The van der Waals surface area contributed by atoms with Crippen molar-refractivity contribution in [1.82, 2.24) is 14.6 Å². The Morgan fingerprint density at radius 1 is 1.30 bits per heavy atom. The Balaban J connectivity index is 1.44. The predicted molar refractivity (Wildman–Crippen MR) is 109 cm³/mol. The number of aromatic nitrogens is 1. The zero-order valence-corrected chi connectivity index (χ0v) is 17.9. The van der Waals surface area contributed by atoms with Gasteiger partial charge in [0.2, 0.25) is 15.9 Å². The van der Waals surface area contributed by atoms with E-state index in [0.29, 0.717) is 50.2 Å². The normalized spacial score (nSPS) is 19.6. The molecule has 2 aromatic rings. The Morgan fingerprint density at radius 3 is 2.73 bits per heavy atom. The van der Waals surface area contributed by atoms with E-state index in [1.807, 2.05) is 0 Å². The number of hydrogen-bond donors (Lipinski definition) is 1. The Kier molecular flexibility index (Phi) is 6.02. The van der Waals surface area contributed by atoms with Gasteiger partial charge in [-0.3, -0.25) is 4.79 Å². The molecule has 1 aromatic heterocycles. The summed E-state index contributed by atoms with van der Waals surface area (Å²) < 4.78 is 37.9. The molecule has 2 aliphatic rings. The van der Waals surface area contributed by atoms with E-state index in [1.54, 1.807) is 6.07 Å². The molecular weight excluding hydrogens is 428 g/mol. The van der Waals surface area contributed by atoms with Gasteiger partial charge in [0.25, 0.3) is 5.22 Å². The van der Waals surface area contributed by atoms with Gasteiger partial charge in [-0.2, -0.15) is 9.57 Å². The zero-order valence-electron chi connectivity index (χ0n) is 16.3. The summed E-state index contributed by atoms with van der Waals surface area (Å²) in [6, 6.07) is 6.78. The number of hydrogen-bond acceptors (Lipinski definition) is 8. The molecule has 1 aliphatic carbocycles. The van der Waals surface area contributed by atoms with Crippen LogP contribution in [-0.4, -0.2) is 61.2 Å². The fourth-order valence-corrected chi connectivity index (χ4v) is 5.78. The van der Waals surface area contributed by atoms with Crippen LogP contribution in [0.2, 0.25) is 0 Å². The first-order valence-electron chi connectivity index (χ1n) is 9.75. The van der Waals surface area contributed by atoms with Gasteiger partial charge in [0.1, 0.15) is 11.1 Å². The highest BCUT2D eigenvalue weighted by atomic mass is 32.2. The molecule has 1 aromatic carbocycles. The molecule has 9 nitrogen and oxygen atoms in total. The molecule has 1 saturated heterocycles. The number of oxazole rings is 1. The molecular formula is C19H22N4O5S2. The highest BCUT2D eigenvalue weighted by molar-refractivity contribution is 7.99. The first-order chi connectivity index (χ1) is 14.4. The van der Waals surface area contributed by atoms with Crippen LogP contribution in [0.25, 0.3) is 11.1 Å². The minimum atomic E-state index is -3.62. The van der Waals surface area contributed by atoms with Crippen LogP contribution in [0.5, 0.6) is 0 Å². The third-order valence-electron chi connectivity index (χ3n) is 5.32. The molecule has 2 fully saturated rings. The SMILES string of the molecule is N#CC1(NC(=O)CSc2nc3cc(S(=O)(=O)N4CCOCC4)ccc3o2)CCCC1. The van der Waals surface area contributed by atoms with Gasteiger partial charge in [-0.15, -0.1) is 0 Å². The molecule has 0 bridgehead atoms. The van der Waals surface area contributed by atoms with Gasteiger partial charge >= 0.3 is 0 Å². The van der Waals surface area contributed by atoms with Crippen molar-refractivity contribution in [1.29, 1.82) is 5.26 Å². The summed E-state index contributed by atoms with van der Waals surface area (Å²) >= 11 is 1.11. The maximum absolute atomic E-state index is 12.8. The largest absolute Gasteiger partial charge is 0.431 e. The van der Waals surface area contributed by atoms with Crippen LogP contribution in [0.3, 0.4) is 0 Å². The van der Waals surface area contributed by atoms with E-state index < -0.39 is 15.6 Å². The number of nitriles is 1. The molecule has 0 unspecified atom stereocenters. The zero-order chi connectivity index (χ0) is 21.2. The fourth-order valence-electron chi connectivity index (χ4n) is 3.72. The molecule has 30 heavy (non-hydrogen) atoms. The number of nitrogens with zero attached hydrogens (tertiary/aromatic N) is 3. The molecule has 160 valence electrons. The summed E-state index contributed by atoms with van der Waals surface area (Å²) in [5.41, 5.74) is 0.0986. The van der Waals surface area contributed by atoms with Gasteiger partial charge in [-0.25, -0.2) is 13.4 Å². The lowest BCUT2D eigenvalue weighted by Gasteiger charge is -2.25. The van der Waals surface area contributed by atoms with Crippen LogP contribution in [-0.2, 0) is 19.6 Å². The van der Waals surface area contributed by atoms with E-state index in [9.17, 15) is 18.5 Å². The number of benzene rings is 1. The van der Waals surface area contributed by atoms with Crippen LogP contribution in [0.1, 0.15) is 25.7 Å². The van der Waals surface area contributed by atoms with Crippen LogP contribution >= 0.6 is 11.8 Å². The predicted octanol–water partition coefficient (Wildman–Crippen LogP) is 1.89. The van der Waals surface area contributed by atoms with Crippen molar-refractivity contribution in [3.8, 4) is 6.07 Å². The van der Waals surface area contributed by atoms with E-state index in [-0.39, 0.29) is 21.8 Å². The van der Waals surface area contributed by atoms with Crippen LogP contribution < -0.4 is 5.32 Å². The van der Waals surface area contributed by atoms with Crippen molar-refractivity contribution >= 4 is 38.8 Å². The van der Waals surface area contributed by atoms with Crippen LogP contribution in [0.4, 0.5) is 0 Å². The first-order valence-corrected chi connectivity index (χ1v) is 12.2. The summed E-state index contributed by atoms with van der Waals surface area (Å²) in [4.78, 5) is 16.7. The molecule has 1 amide bonds. The molecule has 11 heteroatoms. The van der Waals surface area contributed by atoms with E-state index in [1.165, 1.54) is 16.4 Å². The Hall–Kier alpha value is -2.13. The maximum Gasteiger partial charge on any atom is 0.257 e. The second-order valence-electron chi connectivity index (χ2n) is 7.36. The van der Waals surface area contributed by atoms with Gasteiger partial charge in [0.15, 0.2) is 5.58 Å². The van der Waals surface area contributed by atoms with Gasteiger partial charge in [0, 0.05) is 13.1 Å². The van der Waals surface area contributed by atoms with Crippen LogP contribution in [0.15, 0.2) is 32.7 Å². The van der Waals surface area contributed by atoms with Gasteiger partial charge in [-0.1, -0.05) is 11.8 Å². The topological polar surface area (TPSA) is 126 Å². The lowest BCUT2D eigenvalue weighted by Crippen LogP contribution is -2.45. The number of amides is 1. The maximum atomic E-state index is 12.8. The smallest absolute Gasteiger partial charge is 0.257 e. The first kappa shape index (κ1) is 21.1. The third-order valence-corrected chi connectivity index (χ3v) is 8.05. The number of sulfonamides is 1. The summed E-state index contributed by atoms with van der Waals surface area (Å²) in [5, 5.41) is 12.5. The van der Waals surface area contributed by atoms with Gasteiger partial charge in [0.05, 0.1) is 29.9 Å². The van der Waals surface area contributed by atoms with Crippen molar-refractivity contribution in [2.75, 3.05) is 32.1 Å². The number of carbonyl (C=O) groups excluding carboxylic acids is 1. The second-order valence-corrected chi connectivity index (χ2v) is 10.2. The Labute approximate surface area is 178 Å². The van der Waals surface area contributed by atoms with Crippen molar-refractivity contribution < 1.29 is 22.4 Å². The summed E-state index contributed by atoms with van der Waals surface area (Å²) in [7, 11) is -3.62. The van der Waals surface area contributed by atoms with Crippen molar-refractivity contribution in [3.05, 3.63) is 18.2 Å². The number of ether oxygens (including phenoxy) is 1. The van der Waals surface area contributed by atoms with E-state index in [4.69, 9.17) is 9.15 Å². The quantitative estimate of drug-likeness (QED) is 0.662. The highest BCUT2D eigenvalue weighted by Gasteiger charge is 2.35. The Bertz CT molecular complexity index is 1080. The van der Waals surface area contributed by atoms with E-state index in [2.05, 4.69) is 16.4 Å². The lowest BCUT2D eigenvalue weighted by atomic mass is 10.0. The summed E-state index contributed by atoms with van der Waals surface area (Å²) in [5.74, 6) is -0.184. The molecule has 1 N–H and O–H groups in total. The van der Waals surface area contributed by atoms with Crippen molar-refractivity contribution in [3.63, 3.8) is 0 Å². The van der Waals surface area contributed by atoms with Crippen molar-refractivity contribution in [2.45, 2.75) is 41.3 Å². The molecule has 0 atom stereocenters. The number of thioether (sulfide) groups is 1. The monoisotopic (exact) mass is 450 g/mol. The van der Waals surface area contributed by atoms with Gasteiger partial charge in [-0.05, 0) is 43.9 Å². The van der Waals surface area contributed by atoms with E-state index >= 15 is 0 Å². The number of fused-ring (bicyclic) bond motifs is 1. The highest BCUT2D eigenvalue weighted by Crippen LogP contribution is 2.30. The molecule has 1 saturated carbocycles. The number of rotatable bonds is 6. The van der Waals surface area contributed by atoms with Crippen molar-refractivity contribution in [2.24, 2.45) is 0 Å². The number of nitrogens with one attached hydrogen (secondary N) is 1. The molecule has 1 aliphatic heterocycles. The summed E-state index contributed by atoms with van der Waals surface area (Å²) in [6.07, 6.45) is 3.20. The molecule has 0 radical (unpaired) electrons. The standard InChI is InChI=1S/C19H22N4O5S2/c20-13-19(5-1-2-6-19)22-17(24)12-29-18-21-15-11-14(3-4-16(15)28-18)30(25,26)23-7-9-27-10-8-23/h3-4,11H,1-2,5-10,12H2,(H,22,24). The molecule has 2 heterocycles. The number of carbonyl (C=O) groups is 1. The number of morpholine rings is 1. The average Bonchev–Trinajstić information content (AvgIpc) is 3.39. The lowest BCUT2D eigenvalue weighted by molar-refractivity contribution is -0.119.